The molecule has 0 saturated heterocycles. The zero-order valence-electron chi connectivity index (χ0n) is 18.4. The number of likely N-dealkylation sites (N-methyl/N-ethyl adjacent to an activating group) is 1. The Kier molecular flexibility index (Phi) is 6.23. The van der Waals surface area contributed by atoms with Crippen LogP contribution in [0.15, 0.2) is 48.7 Å². The Morgan fingerprint density at radius 1 is 1.29 bits per heavy atom. The molecule has 0 aliphatic heterocycles. The summed E-state index contributed by atoms with van der Waals surface area (Å²) in [6.07, 6.45) is 6.61. The number of nitrogens with zero attached hydrogens (tertiary/aromatic N) is 1. The molecule has 1 aliphatic rings. The minimum absolute atomic E-state index is 0.213. The van der Waals surface area contributed by atoms with E-state index in [1.165, 1.54) is 29.9 Å². The summed E-state index contributed by atoms with van der Waals surface area (Å²) in [5.74, 6) is -0.539. The molecule has 1 unspecified atom stereocenters. The van der Waals surface area contributed by atoms with Crippen molar-refractivity contribution in [2.75, 3.05) is 20.2 Å². The second-order valence-corrected chi connectivity index (χ2v) is 8.20. The van der Waals surface area contributed by atoms with Crippen LogP contribution in [0.1, 0.15) is 48.6 Å². The molecule has 0 fully saturated rings. The number of nitrogens with one attached hydrogen (secondary N) is 1. The van der Waals surface area contributed by atoms with Gasteiger partial charge in [0, 0.05) is 35.8 Å². The predicted octanol–water partition coefficient (Wildman–Crippen LogP) is 5.44. The van der Waals surface area contributed by atoms with Gasteiger partial charge in [-0.1, -0.05) is 25.1 Å². The summed E-state index contributed by atoms with van der Waals surface area (Å²) in [6, 6.07) is 11.9. The topological polar surface area (TPSA) is 45.3 Å². The van der Waals surface area contributed by atoms with Crippen molar-refractivity contribution in [3.63, 3.8) is 0 Å². The molecule has 31 heavy (non-hydrogen) atoms. The van der Waals surface area contributed by atoms with Crippen molar-refractivity contribution in [3.8, 4) is 0 Å². The number of methoxy groups -OCH3 is 1. The second kappa shape index (κ2) is 9.06. The number of aromatic amines is 1. The average Bonchev–Trinajstić information content (AvgIpc) is 3.37. The van der Waals surface area contributed by atoms with Gasteiger partial charge in [0.15, 0.2) is 0 Å². The van der Waals surface area contributed by atoms with Gasteiger partial charge in [0.05, 0.1) is 7.11 Å². The highest BCUT2D eigenvalue weighted by atomic mass is 19.1. The van der Waals surface area contributed by atoms with Crippen LogP contribution in [0.5, 0.6) is 0 Å². The van der Waals surface area contributed by atoms with Crippen molar-refractivity contribution in [1.82, 2.24) is 9.88 Å². The normalized spacial score (nSPS) is 16.2. The lowest BCUT2D eigenvalue weighted by Crippen LogP contribution is -2.29. The summed E-state index contributed by atoms with van der Waals surface area (Å²) in [5.41, 5.74) is 6.82. The summed E-state index contributed by atoms with van der Waals surface area (Å²) in [5, 5.41) is 1.10. The molecular weight excluding hydrogens is 391 g/mol. The first-order valence-corrected chi connectivity index (χ1v) is 10.9. The van der Waals surface area contributed by atoms with Crippen molar-refractivity contribution in [1.29, 1.82) is 0 Å². The Bertz CT molecular complexity index is 1130. The minimum atomic E-state index is -0.326. The molecule has 0 amide bonds. The zero-order chi connectivity index (χ0) is 22.0. The van der Waals surface area contributed by atoms with E-state index in [9.17, 15) is 9.18 Å². The van der Waals surface area contributed by atoms with E-state index in [0.717, 1.165) is 54.4 Å². The van der Waals surface area contributed by atoms with Crippen LogP contribution in [0.25, 0.3) is 16.5 Å². The van der Waals surface area contributed by atoms with Crippen LogP contribution in [-0.4, -0.2) is 36.1 Å². The van der Waals surface area contributed by atoms with Crippen molar-refractivity contribution >= 4 is 22.4 Å². The number of esters is 1. The van der Waals surface area contributed by atoms with Crippen molar-refractivity contribution in [2.24, 2.45) is 0 Å². The van der Waals surface area contributed by atoms with Gasteiger partial charge in [0.25, 0.3) is 0 Å². The van der Waals surface area contributed by atoms with Crippen molar-refractivity contribution < 1.29 is 13.9 Å². The fourth-order valence-electron chi connectivity index (χ4n) is 4.70. The molecule has 3 aromatic rings. The number of H-pyrrole nitrogens is 1. The van der Waals surface area contributed by atoms with Gasteiger partial charge in [-0.25, -0.2) is 9.18 Å². The third-order valence-corrected chi connectivity index (χ3v) is 6.42. The van der Waals surface area contributed by atoms with Crippen molar-refractivity contribution in [2.45, 2.75) is 39.2 Å². The molecule has 0 radical (unpaired) electrons. The molecule has 1 N–H and O–H groups in total. The molecule has 0 bridgehead atoms. The van der Waals surface area contributed by atoms with Gasteiger partial charge >= 0.3 is 5.97 Å². The van der Waals surface area contributed by atoms with E-state index in [1.54, 1.807) is 12.1 Å². The molecule has 4 rings (SSSR count). The van der Waals surface area contributed by atoms with Crippen molar-refractivity contribution in [3.05, 3.63) is 76.7 Å². The highest BCUT2D eigenvalue weighted by Crippen LogP contribution is 2.37. The summed E-state index contributed by atoms with van der Waals surface area (Å²) in [4.78, 5) is 17.3. The Morgan fingerprint density at radius 2 is 2.13 bits per heavy atom. The van der Waals surface area contributed by atoms with Gasteiger partial charge in [-0.05, 0) is 78.8 Å². The van der Waals surface area contributed by atoms with E-state index >= 15 is 0 Å². The number of allylic oxidation sites excluding steroid dienone is 1. The Balaban J connectivity index is 1.49. The summed E-state index contributed by atoms with van der Waals surface area (Å²) in [7, 11) is 1.40. The number of hydrogen-bond donors (Lipinski definition) is 1. The molecule has 4 nitrogen and oxygen atoms in total. The molecule has 1 aromatic heterocycles. The number of hydrogen-bond acceptors (Lipinski definition) is 3. The first-order valence-electron chi connectivity index (χ1n) is 10.9. The second-order valence-electron chi connectivity index (χ2n) is 8.20. The third-order valence-electron chi connectivity index (χ3n) is 6.42. The molecule has 1 aliphatic carbocycles. The maximum atomic E-state index is 13.5. The number of aromatic nitrogens is 1. The van der Waals surface area contributed by atoms with E-state index in [0.29, 0.717) is 6.04 Å². The van der Waals surface area contributed by atoms with Gasteiger partial charge in [-0.2, -0.15) is 0 Å². The Morgan fingerprint density at radius 3 is 2.90 bits per heavy atom. The molecule has 1 atom stereocenters. The molecular formula is C26H29FN2O2. The van der Waals surface area contributed by atoms with E-state index in [2.05, 4.69) is 35.0 Å². The van der Waals surface area contributed by atoms with Crippen LogP contribution in [0.3, 0.4) is 0 Å². The van der Waals surface area contributed by atoms with Crippen LogP contribution >= 0.6 is 0 Å². The number of ether oxygens (including phenoxy) is 1. The first kappa shape index (κ1) is 21.3. The SMILES string of the molecule is CCN(CCc1c[nH]c2cc(F)ccc12)C1CCc2cc(C(C)=CC(=O)OC)ccc21. The Labute approximate surface area is 182 Å². The van der Waals surface area contributed by atoms with Crippen LogP contribution < -0.4 is 0 Å². The first-order chi connectivity index (χ1) is 15.0. The summed E-state index contributed by atoms with van der Waals surface area (Å²) in [6.45, 7) is 6.08. The van der Waals surface area contributed by atoms with E-state index < -0.39 is 0 Å². The van der Waals surface area contributed by atoms with Gasteiger partial charge in [0.2, 0.25) is 0 Å². The molecule has 0 saturated carbocycles. The number of rotatable bonds is 7. The predicted molar refractivity (Wildman–Crippen MR) is 122 cm³/mol. The van der Waals surface area contributed by atoms with E-state index in [4.69, 9.17) is 4.74 Å². The summed E-state index contributed by atoms with van der Waals surface area (Å²) >= 11 is 0. The minimum Gasteiger partial charge on any atom is -0.466 e. The maximum Gasteiger partial charge on any atom is 0.330 e. The number of halogens is 1. The largest absolute Gasteiger partial charge is 0.466 e. The monoisotopic (exact) mass is 420 g/mol. The van der Waals surface area contributed by atoms with Gasteiger partial charge in [-0.15, -0.1) is 0 Å². The fraction of sp³-hybridized carbons (Fsp3) is 0.346. The van der Waals surface area contributed by atoms with Gasteiger partial charge < -0.3 is 9.72 Å². The summed E-state index contributed by atoms with van der Waals surface area (Å²) < 4.78 is 18.2. The van der Waals surface area contributed by atoms with Crippen LogP contribution in [0.4, 0.5) is 4.39 Å². The standard InChI is InChI=1S/C26H29FN2O2/c1-4-29(12-11-20-16-28-24-15-21(27)7-9-22(20)24)25-10-6-19-14-18(5-8-23(19)25)17(2)13-26(30)31-3/h5,7-9,13-16,25,28H,4,6,10-12H2,1-3H3. The number of aryl methyl sites for hydroxylation is 1. The van der Waals surface area contributed by atoms with Crippen LogP contribution in [0, 0.1) is 5.82 Å². The highest BCUT2D eigenvalue weighted by Gasteiger charge is 2.27. The molecule has 1 heterocycles. The smallest absolute Gasteiger partial charge is 0.330 e. The number of benzene rings is 2. The lowest BCUT2D eigenvalue weighted by Gasteiger charge is -2.28. The zero-order valence-corrected chi connectivity index (χ0v) is 18.4. The molecule has 0 spiro atoms. The van der Waals surface area contributed by atoms with Crippen LogP contribution in [-0.2, 0) is 22.4 Å². The molecule has 5 heteroatoms. The Hall–Kier alpha value is -2.92. The van der Waals surface area contributed by atoms with Gasteiger partial charge in [0.1, 0.15) is 5.82 Å². The van der Waals surface area contributed by atoms with E-state index in [-0.39, 0.29) is 11.8 Å². The van der Waals surface area contributed by atoms with Gasteiger partial charge in [-0.3, -0.25) is 4.90 Å². The lowest BCUT2D eigenvalue weighted by atomic mass is 9.99. The quantitative estimate of drug-likeness (QED) is 0.409. The molecule has 162 valence electrons. The molecule has 2 aromatic carbocycles. The lowest BCUT2D eigenvalue weighted by molar-refractivity contribution is -0.134. The highest BCUT2D eigenvalue weighted by molar-refractivity contribution is 5.90. The van der Waals surface area contributed by atoms with Crippen LogP contribution in [0.2, 0.25) is 0 Å². The average molecular weight is 421 g/mol. The number of carbonyl (C=O) groups excluding carboxylic acids is 1. The van der Waals surface area contributed by atoms with E-state index in [1.807, 2.05) is 19.2 Å². The number of fused-ring (bicyclic) bond motifs is 2. The number of carbonyl (C=O) groups is 1. The maximum absolute atomic E-state index is 13.5. The fourth-order valence-corrected chi connectivity index (χ4v) is 4.70. The third kappa shape index (κ3) is 4.42.